The highest BCUT2D eigenvalue weighted by Gasteiger charge is 2.38. The van der Waals surface area contributed by atoms with Crippen molar-refractivity contribution in [2.45, 2.75) is 18.9 Å². The summed E-state index contributed by atoms with van der Waals surface area (Å²) in [6.45, 7) is 0. The van der Waals surface area contributed by atoms with E-state index in [0.717, 1.165) is 6.20 Å². The monoisotopic (exact) mass is 252 g/mol. The van der Waals surface area contributed by atoms with Gasteiger partial charge in [0.15, 0.2) is 0 Å². The molecule has 0 saturated heterocycles. The molecule has 1 aliphatic rings. The summed E-state index contributed by atoms with van der Waals surface area (Å²) < 4.78 is 12.7. The van der Waals surface area contributed by atoms with E-state index in [0.29, 0.717) is 12.8 Å². The van der Waals surface area contributed by atoms with E-state index in [1.54, 1.807) is 7.05 Å². The molecule has 0 unspecified atom stereocenters. The molecule has 2 rings (SSSR count). The number of halogens is 1. The van der Waals surface area contributed by atoms with Gasteiger partial charge in [-0.05, 0) is 25.0 Å². The first-order valence-electron chi connectivity index (χ1n) is 5.60. The van der Waals surface area contributed by atoms with E-state index in [1.807, 2.05) is 0 Å². The predicted molar refractivity (Wildman–Crippen MR) is 60.4 cm³/mol. The van der Waals surface area contributed by atoms with Crippen molar-refractivity contribution in [1.29, 1.82) is 0 Å². The van der Waals surface area contributed by atoms with Gasteiger partial charge in [0, 0.05) is 13.1 Å². The van der Waals surface area contributed by atoms with Gasteiger partial charge >= 0.3 is 5.97 Å². The lowest BCUT2D eigenvalue weighted by Crippen LogP contribution is -2.47. The van der Waals surface area contributed by atoms with Gasteiger partial charge in [-0.25, -0.2) is 9.37 Å². The SMILES string of the molecule is CN(C(=O)c1ccc(F)cn1)C1CC(C(=O)O)C1. The Morgan fingerprint density at radius 3 is 2.61 bits per heavy atom. The third-order valence-corrected chi connectivity index (χ3v) is 3.28. The first kappa shape index (κ1) is 12.5. The molecule has 0 aliphatic heterocycles. The number of amides is 1. The molecule has 1 aliphatic carbocycles. The number of carboxylic acids is 1. The quantitative estimate of drug-likeness (QED) is 0.876. The number of nitrogens with zero attached hydrogens (tertiary/aromatic N) is 2. The van der Waals surface area contributed by atoms with Crippen molar-refractivity contribution < 1.29 is 19.1 Å². The molecule has 1 aromatic rings. The van der Waals surface area contributed by atoms with E-state index in [4.69, 9.17) is 5.11 Å². The molecule has 0 radical (unpaired) electrons. The largest absolute Gasteiger partial charge is 0.481 e. The van der Waals surface area contributed by atoms with Gasteiger partial charge in [-0.2, -0.15) is 0 Å². The summed E-state index contributed by atoms with van der Waals surface area (Å²) in [6, 6.07) is 2.42. The average Bonchev–Trinajstić information content (AvgIpc) is 2.26. The van der Waals surface area contributed by atoms with Gasteiger partial charge in [0.1, 0.15) is 11.5 Å². The molecule has 1 N–H and O–H groups in total. The second-order valence-electron chi connectivity index (χ2n) is 4.44. The van der Waals surface area contributed by atoms with Gasteiger partial charge in [-0.15, -0.1) is 0 Å². The predicted octanol–water partition coefficient (Wildman–Crippen LogP) is 1.16. The molecule has 96 valence electrons. The van der Waals surface area contributed by atoms with Crippen LogP contribution in [-0.4, -0.2) is 40.0 Å². The Hall–Kier alpha value is -1.98. The van der Waals surface area contributed by atoms with E-state index in [-0.39, 0.29) is 23.6 Å². The minimum Gasteiger partial charge on any atom is -0.481 e. The van der Waals surface area contributed by atoms with Crippen LogP contribution in [0.25, 0.3) is 0 Å². The first-order valence-corrected chi connectivity index (χ1v) is 5.60. The summed E-state index contributed by atoms with van der Waals surface area (Å²) in [5, 5.41) is 8.76. The molecule has 5 nitrogen and oxygen atoms in total. The van der Waals surface area contributed by atoms with Crippen LogP contribution >= 0.6 is 0 Å². The molecule has 1 aromatic heterocycles. The Kier molecular flexibility index (Phi) is 3.27. The minimum atomic E-state index is -0.827. The lowest BCUT2D eigenvalue weighted by molar-refractivity contribution is -0.146. The molecule has 1 heterocycles. The smallest absolute Gasteiger partial charge is 0.306 e. The molecule has 0 spiro atoms. The van der Waals surface area contributed by atoms with Crippen LogP contribution in [0.3, 0.4) is 0 Å². The first-order chi connectivity index (χ1) is 8.49. The number of carbonyl (C=O) groups excluding carboxylic acids is 1. The Labute approximate surface area is 103 Å². The zero-order chi connectivity index (χ0) is 13.3. The molecule has 0 aromatic carbocycles. The molecule has 1 fully saturated rings. The standard InChI is InChI=1S/C12H13FN2O3/c1-15(9-4-7(5-9)12(17)18)11(16)10-3-2-8(13)6-14-10/h2-3,6-7,9H,4-5H2,1H3,(H,17,18). The number of aromatic nitrogens is 1. The van der Waals surface area contributed by atoms with E-state index < -0.39 is 11.8 Å². The molecule has 1 saturated carbocycles. The van der Waals surface area contributed by atoms with Crippen molar-refractivity contribution in [2.75, 3.05) is 7.05 Å². The Bertz CT molecular complexity index is 469. The van der Waals surface area contributed by atoms with Crippen LogP contribution < -0.4 is 0 Å². The van der Waals surface area contributed by atoms with Crippen molar-refractivity contribution in [1.82, 2.24) is 9.88 Å². The van der Waals surface area contributed by atoms with Crippen LogP contribution in [0.15, 0.2) is 18.3 Å². The van der Waals surface area contributed by atoms with Gasteiger partial charge in [-0.3, -0.25) is 9.59 Å². The minimum absolute atomic E-state index is 0.0783. The number of hydrogen-bond donors (Lipinski definition) is 1. The molecular weight excluding hydrogens is 239 g/mol. The number of hydrogen-bond acceptors (Lipinski definition) is 3. The van der Waals surface area contributed by atoms with Crippen LogP contribution in [0.4, 0.5) is 4.39 Å². The molecule has 1 amide bonds. The second-order valence-corrected chi connectivity index (χ2v) is 4.44. The Morgan fingerprint density at radius 1 is 1.44 bits per heavy atom. The molecule has 6 heteroatoms. The van der Waals surface area contributed by atoms with Crippen LogP contribution in [0.5, 0.6) is 0 Å². The van der Waals surface area contributed by atoms with Gasteiger partial charge in [0.25, 0.3) is 5.91 Å². The van der Waals surface area contributed by atoms with Crippen molar-refractivity contribution in [3.8, 4) is 0 Å². The molecular formula is C12H13FN2O3. The zero-order valence-electron chi connectivity index (χ0n) is 9.84. The van der Waals surface area contributed by atoms with Gasteiger partial charge < -0.3 is 10.0 Å². The summed E-state index contributed by atoms with van der Waals surface area (Å²) in [7, 11) is 1.61. The lowest BCUT2D eigenvalue weighted by atomic mass is 9.79. The summed E-state index contributed by atoms with van der Waals surface area (Å²) >= 11 is 0. The third-order valence-electron chi connectivity index (χ3n) is 3.28. The van der Waals surface area contributed by atoms with E-state index in [9.17, 15) is 14.0 Å². The van der Waals surface area contributed by atoms with Crippen molar-refractivity contribution in [3.63, 3.8) is 0 Å². The van der Waals surface area contributed by atoms with Crippen molar-refractivity contribution in [3.05, 3.63) is 29.8 Å². The summed E-state index contributed by atoms with van der Waals surface area (Å²) in [4.78, 5) is 27.8. The second kappa shape index (κ2) is 4.72. The van der Waals surface area contributed by atoms with Crippen LogP contribution in [0, 0.1) is 11.7 Å². The number of carbonyl (C=O) groups is 2. The van der Waals surface area contributed by atoms with Gasteiger partial charge in [-0.1, -0.05) is 0 Å². The summed E-state index contributed by atoms with van der Waals surface area (Å²) in [5.74, 6) is -2.01. The fourth-order valence-corrected chi connectivity index (χ4v) is 1.95. The Balaban J connectivity index is 1.98. The van der Waals surface area contributed by atoms with Crippen LogP contribution in [0.1, 0.15) is 23.3 Å². The summed E-state index contributed by atoms with van der Waals surface area (Å²) in [5.41, 5.74) is 0.165. The third kappa shape index (κ3) is 2.32. The topological polar surface area (TPSA) is 70.5 Å². The van der Waals surface area contributed by atoms with Crippen LogP contribution in [-0.2, 0) is 4.79 Å². The number of pyridine rings is 1. The van der Waals surface area contributed by atoms with Crippen molar-refractivity contribution in [2.24, 2.45) is 5.92 Å². The van der Waals surface area contributed by atoms with Crippen molar-refractivity contribution >= 4 is 11.9 Å². The Morgan fingerprint density at radius 2 is 2.11 bits per heavy atom. The van der Waals surface area contributed by atoms with E-state index in [1.165, 1.54) is 17.0 Å². The maximum Gasteiger partial charge on any atom is 0.306 e. The number of aliphatic carboxylic acids is 1. The lowest BCUT2D eigenvalue weighted by Gasteiger charge is -2.38. The summed E-state index contributed by atoms with van der Waals surface area (Å²) in [6.07, 6.45) is 1.90. The highest BCUT2D eigenvalue weighted by molar-refractivity contribution is 5.92. The molecule has 0 bridgehead atoms. The average molecular weight is 252 g/mol. The van der Waals surface area contributed by atoms with E-state index >= 15 is 0 Å². The fraction of sp³-hybridized carbons (Fsp3) is 0.417. The van der Waals surface area contributed by atoms with E-state index in [2.05, 4.69) is 4.98 Å². The highest BCUT2D eigenvalue weighted by Crippen LogP contribution is 2.31. The number of rotatable bonds is 3. The molecule has 0 atom stereocenters. The normalized spacial score (nSPS) is 22.1. The van der Waals surface area contributed by atoms with Gasteiger partial charge in [0.2, 0.25) is 0 Å². The highest BCUT2D eigenvalue weighted by atomic mass is 19.1. The number of carboxylic acid groups (broad SMARTS) is 1. The van der Waals surface area contributed by atoms with Crippen LogP contribution in [0.2, 0.25) is 0 Å². The van der Waals surface area contributed by atoms with Gasteiger partial charge in [0.05, 0.1) is 12.1 Å². The molecule has 18 heavy (non-hydrogen) atoms. The fourth-order valence-electron chi connectivity index (χ4n) is 1.95. The maximum absolute atomic E-state index is 12.7. The maximum atomic E-state index is 12.7. The zero-order valence-corrected chi connectivity index (χ0v) is 9.84.